The highest BCUT2D eigenvalue weighted by Gasteiger charge is 2.41. The lowest BCUT2D eigenvalue weighted by Crippen LogP contribution is -2.35. The summed E-state index contributed by atoms with van der Waals surface area (Å²) in [6, 6.07) is 3.19. The van der Waals surface area contributed by atoms with Gasteiger partial charge in [0.15, 0.2) is 0 Å². The smallest absolute Gasteiger partial charge is 0.381 e. The van der Waals surface area contributed by atoms with Gasteiger partial charge >= 0.3 is 6.18 Å². The first-order valence-corrected chi connectivity index (χ1v) is 10.4. The quantitative estimate of drug-likeness (QED) is 0.741. The van der Waals surface area contributed by atoms with Crippen LogP contribution in [0.1, 0.15) is 40.7 Å². The Hall–Kier alpha value is -2.39. The van der Waals surface area contributed by atoms with E-state index in [2.05, 4.69) is 15.3 Å². The average Bonchev–Trinajstić information content (AvgIpc) is 3.15. The maximum Gasteiger partial charge on any atom is 0.416 e. The molecule has 0 saturated carbocycles. The number of ether oxygens (including phenoxy) is 1. The summed E-state index contributed by atoms with van der Waals surface area (Å²) >= 11 is 5.96. The number of likely N-dealkylation sites (tertiary alicyclic amines) is 1. The Bertz CT molecular complexity index is 947. The summed E-state index contributed by atoms with van der Waals surface area (Å²) in [4.78, 5) is 23.0. The normalized spacial score (nSPS) is 18.4. The van der Waals surface area contributed by atoms with Gasteiger partial charge in [0.1, 0.15) is 0 Å². The van der Waals surface area contributed by atoms with Crippen LogP contribution in [0.15, 0.2) is 30.6 Å². The minimum absolute atomic E-state index is 0.00481. The van der Waals surface area contributed by atoms with Gasteiger partial charge in [-0.15, -0.1) is 0 Å². The molecule has 2 aliphatic heterocycles. The van der Waals surface area contributed by atoms with Crippen molar-refractivity contribution >= 4 is 23.5 Å². The van der Waals surface area contributed by atoms with Gasteiger partial charge in [-0.3, -0.25) is 4.79 Å². The van der Waals surface area contributed by atoms with Crippen molar-refractivity contribution in [3.05, 3.63) is 52.3 Å². The second kappa shape index (κ2) is 8.63. The summed E-state index contributed by atoms with van der Waals surface area (Å²) in [5, 5.41) is 2.92. The number of amides is 1. The van der Waals surface area contributed by atoms with Gasteiger partial charge in [0, 0.05) is 50.3 Å². The standard InChI is InChI=1S/C21H22ClF3N4O2/c22-17-9-16(21(23,24)25)2-1-14(17)10-26-19-27-11-15(12-28-19)18(30)29-6-3-20(13-29)4-7-31-8-5-20/h1-2,9,11-12H,3-8,10,13H2,(H,26,27,28). The third kappa shape index (κ3) is 4.93. The number of benzene rings is 1. The Labute approximate surface area is 182 Å². The molecule has 3 heterocycles. The average molecular weight is 455 g/mol. The first-order valence-electron chi connectivity index (χ1n) is 10.0. The van der Waals surface area contributed by atoms with Gasteiger partial charge in [-0.2, -0.15) is 13.2 Å². The lowest BCUT2D eigenvalue weighted by molar-refractivity contribution is -0.137. The number of aromatic nitrogens is 2. The zero-order valence-electron chi connectivity index (χ0n) is 16.7. The molecule has 31 heavy (non-hydrogen) atoms. The lowest BCUT2D eigenvalue weighted by Gasteiger charge is -2.33. The molecule has 0 radical (unpaired) electrons. The topological polar surface area (TPSA) is 67.4 Å². The van der Waals surface area contributed by atoms with Crippen LogP contribution >= 0.6 is 11.6 Å². The Morgan fingerprint density at radius 1 is 1.19 bits per heavy atom. The largest absolute Gasteiger partial charge is 0.416 e. The number of carbonyl (C=O) groups excluding carboxylic acids is 1. The molecule has 0 aliphatic carbocycles. The number of alkyl halides is 3. The van der Waals surface area contributed by atoms with E-state index in [1.807, 2.05) is 4.90 Å². The monoisotopic (exact) mass is 454 g/mol. The van der Waals surface area contributed by atoms with E-state index >= 15 is 0 Å². The summed E-state index contributed by atoms with van der Waals surface area (Å²) < 4.78 is 43.7. The molecule has 6 nitrogen and oxygen atoms in total. The summed E-state index contributed by atoms with van der Waals surface area (Å²) in [6.45, 7) is 3.08. The molecular formula is C21H22ClF3N4O2. The molecule has 2 aliphatic rings. The zero-order chi connectivity index (χ0) is 22.1. The SMILES string of the molecule is O=C(c1cnc(NCc2ccc(C(F)(F)F)cc2Cl)nc1)N1CCC2(CCOCC2)C1. The maximum absolute atomic E-state index is 12.8. The van der Waals surface area contributed by atoms with Crippen LogP contribution in [-0.4, -0.2) is 47.1 Å². The van der Waals surface area contributed by atoms with Crippen molar-refractivity contribution in [3.63, 3.8) is 0 Å². The van der Waals surface area contributed by atoms with Crippen LogP contribution in [0, 0.1) is 5.41 Å². The molecule has 166 valence electrons. The van der Waals surface area contributed by atoms with Gasteiger partial charge in [-0.1, -0.05) is 17.7 Å². The molecule has 0 unspecified atom stereocenters. The second-order valence-corrected chi connectivity index (χ2v) is 8.45. The van der Waals surface area contributed by atoms with Crippen LogP contribution in [-0.2, 0) is 17.5 Å². The van der Waals surface area contributed by atoms with E-state index < -0.39 is 11.7 Å². The van der Waals surface area contributed by atoms with Crippen molar-refractivity contribution in [2.24, 2.45) is 5.41 Å². The number of nitrogens with zero attached hydrogens (tertiary/aromatic N) is 3. The second-order valence-electron chi connectivity index (χ2n) is 8.04. The van der Waals surface area contributed by atoms with Crippen LogP contribution in [0.25, 0.3) is 0 Å². The van der Waals surface area contributed by atoms with E-state index in [4.69, 9.17) is 16.3 Å². The minimum atomic E-state index is -4.44. The van der Waals surface area contributed by atoms with Gasteiger partial charge < -0.3 is 15.0 Å². The number of anilines is 1. The number of halogens is 4. The van der Waals surface area contributed by atoms with Crippen molar-refractivity contribution in [2.45, 2.75) is 32.0 Å². The van der Waals surface area contributed by atoms with E-state index in [0.717, 1.165) is 51.2 Å². The molecule has 1 amide bonds. The fraction of sp³-hybridized carbons (Fsp3) is 0.476. The fourth-order valence-electron chi connectivity index (χ4n) is 4.07. The molecule has 4 rings (SSSR count). The minimum Gasteiger partial charge on any atom is -0.381 e. The Kier molecular flexibility index (Phi) is 6.07. The van der Waals surface area contributed by atoms with Crippen molar-refractivity contribution < 1.29 is 22.7 Å². The number of hydrogen-bond donors (Lipinski definition) is 1. The Balaban J connectivity index is 1.35. The van der Waals surface area contributed by atoms with Crippen molar-refractivity contribution in [1.82, 2.24) is 14.9 Å². The van der Waals surface area contributed by atoms with Crippen LogP contribution in [0.2, 0.25) is 5.02 Å². The Morgan fingerprint density at radius 2 is 1.90 bits per heavy atom. The lowest BCUT2D eigenvalue weighted by atomic mass is 9.80. The van der Waals surface area contributed by atoms with E-state index in [9.17, 15) is 18.0 Å². The zero-order valence-corrected chi connectivity index (χ0v) is 17.5. The molecule has 1 spiro atoms. The molecule has 2 fully saturated rings. The van der Waals surface area contributed by atoms with Gasteiger partial charge in [-0.05, 0) is 42.4 Å². The predicted molar refractivity (Wildman–Crippen MR) is 109 cm³/mol. The molecule has 1 N–H and O–H groups in total. The molecular weight excluding hydrogens is 433 g/mol. The number of rotatable bonds is 4. The highest BCUT2D eigenvalue weighted by Crippen LogP contribution is 2.40. The van der Waals surface area contributed by atoms with Crippen LogP contribution in [0.3, 0.4) is 0 Å². The summed E-state index contributed by atoms with van der Waals surface area (Å²) in [7, 11) is 0. The number of carbonyl (C=O) groups is 1. The van der Waals surface area contributed by atoms with Gasteiger partial charge in [0.05, 0.1) is 11.1 Å². The first kappa shape index (κ1) is 21.8. The van der Waals surface area contributed by atoms with Crippen LogP contribution < -0.4 is 5.32 Å². The summed E-state index contributed by atoms with van der Waals surface area (Å²) in [6.07, 6.45) is 1.41. The molecule has 0 bridgehead atoms. The van der Waals surface area contributed by atoms with Gasteiger partial charge in [-0.25, -0.2) is 9.97 Å². The first-order chi connectivity index (χ1) is 14.8. The van der Waals surface area contributed by atoms with E-state index in [1.165, 1.54) is 18.5 Å². The predicted octanol–water partition coefficient (Wildman–Crippen LogP) is 4.40. The van der Waals surface area contributed by atoms with Crippen molar-refractivity contribution in [3.8, 4) is 0 Å². The summed E-state index contributed by atoms with van der Waals surface area (Å²) in [5.74, 6) is 0.163. The van der Waals surface area contributed by atoms with Crippen molar-refractivity contribution in [2.75, 3.05) is 31.6 Å². The molecule has 1 aromatic heterocycles. The molecule has 10 heteroatoms. The third-order valence-electron chi connectivity index (χ3n) is 6.00. The highest BCUT2D eigenvalue weighted by molar-refractivity contribution is 6.31. The number of hydrogen-bond acceptors (Lipinski definition) is 5. The van der Waals surface area contributed by atoms with E-state index in [0.29, 0.717) is 17.7 Å². The van der Waals surface area contributed by atoms with Crippen LogP contribution in [0.4, 0.5) is 19.1 Å². The van der Waals surface area contributed by atoms with E-state index in [1.54, 1.807) is 0 Å². The molecule has 1 aromatic carbocycles. The third-order valence-corrected chi connectivity index (χ3v) is 6.35. The van der Waals surface area contributed by atoms with Gasteiger partial charge in [0.2, 0.25) is 5.95 Å². The van der Waals surface area contributed by atoms with Crippen LogP contribution in [0.5, 0.6) is 0 Å². The number of nitrogens with one attached hydrogen (secondary N) is 1. The Morgan fingerprint density at radius 3 is 2.55 bits per heavy atom. The van der Waals surface area contributed by atoms with Crippen molar-refractivity contribution in [1.29, 1.82) is 0 Å². The molecule has 0 atom stereocenters. The summed E-state index contributed by atoms with van der Waals surface area (Å²) in [5.41, 5.74) is 0.251. The fourth-order valence-corrected chi connectivity index (χ4v) is 4.32. The maximum atomic E-state index is 12.8. The molecule has 2 saturated heterocycles. The molecule has 2 aromatic rings. The van der Waals surface area contributed by atoms with E-state index in [-0.39, 0.29) is 28.8 Å². The van der Waals surface area contributed by atoms with Gasteiger partial charge in [0.25, 0.3) is 5.91 Å². The highest BCUT2D eigenvalue weighted by atomic mass is 35.5.